The van der Waals surface area contributed by atoms with Gasteiger partial charge in [0.05, 0.1) is 16.0 Å². The van der Waals surface area contributed by atoms with Crippen LogP contribution in [0.25, 0.3) is 0 Å². The van der Waals surface area contributed by atoms with Crippen LogP contribution < -0.4 is 5.32 Å². The van der Waals surface area contributed by atoms with Gasteiger partial charge in [0.15, 0.2) is 0 Å². The molecule has 0 bridgehead atoms. The molecule has 0 fully saturated rings. The van der Waals surface area contributed by atoms with Crippen molar-refractivity contribution in [2.24, 2.45) is 5.92 Å². The van der Waals surface area contributed by atoms with Gasteiger partial charge in [-0.3, -0.25) is 4.79 Å². The van der Waals surface area contributed by atoms with Crippen molar-refractivity contribution in [3.63, 3.8) is 0 Å². The van der Waals surface area contributed by atoms with Gasteiger partial charge in [-0.25, -0.2) is 0 Å². The van der Waals surface area contributed by atoms with Crippen LogP contribution in [0.2, 0.25) is 0 Å². The fraction of sp³-hybridized carbons (Fsp3) is 0.706. The highest BCUT2D eigenvalue weighted by Crippen LogP contribution is 2.34. The highest BCUT2D eigenvalue weighted by molar-refractivity contribution is 7.14. The fourth-order valence-electron chi connectivity index (χ4n) is 2.56. The number of aryl methyl sites for hydroxylation is 1. The van der Waals surface area contributed by atoms with Crippen LogP contribution in [0.5, 0.6) is 0 Å². The second-order valence-electron chi connectivity index (χ2n) is 7.21. The van der Waals surface area contributed by atoms with Gasteiger partial charge in [-0.1, -0.05) is 13.3 Å². The average Bonchev–Trinajstić information content (AvgIpc) is 2.79. The predicted molar refractivity (Wildman–Crippen MR) is 88.0 cm³/mol. The molecule has 0 saturated carbocycles. The smallest absolute Gasteiger partial charge is 0.261 e. The maximum atomic E-state index is 12.5. The predicted octanol–water partition coefficient (Wildman–Crippen LogP) is 3.54. The number of aliphatic hydroxyl groups is 1. The molecular formula is C17H27NO2S. The highest BCUT2D eigenvalue weighted by atomic mass is 32.1. The van der Waals surface area contributed by atoms with Crippen molar-refractivity contribution in [2.75, 3.05) is 0 Å². The van der Waals surface area contributed by atoms with Crippen LogP contribution in [0, 0.1) is 5.92 Å². The molecule has 1 amide bonds. The number of carbonyl (C=O) groups excluding carboxylic acids is 1. The van der Waals surface area contributed by atoms with Crippen molar-refractivity contribution in [1.29, 1.82) is 0 Å². The number of hydrogen-bond donors (Lipinski definition) is 2. The van der Waals surface area contributed by atoms with Crippen molar-refractivity contribution in [1.82, 2.24) is 5.32 Å². The molecule has 118 valence electrons. The molecule has 1 unspecified atom stereocenters. The Morgan fingerprint density at radius 3 is 2.67 bits per heavy atom. The lowest BCUT2D eigenvalue weighted by atomic mass is 9.85. The molecule has 1 aliphatic rings. The van der Waals surface area contributed by atoms with Crippen molar-refractivity contribution < 1.29 is 9.90 Å². The molecular weight excluding hydrogens is 282 g/mol. The van der Waals surface area contributed by atoms with Crippen LogP contribution in [-0.2, 0) is 12.8 Å². The molecule has 2 rings (SSSR count). The molecule has 0 aromatic carbocycles. The van der Waals surface area contributed by atoms with Gasteiger partial charge < -0.3 is 10.4 Å². The average molecular weight is 309 g/mol. The van der Waals surface area contributed by atoms with Gasteiger partial charge in [-0.15, -0.1) is 11.3 Å². The Bertz CT molecular complexity index is 525. The first kappa shape index (κ1) is 16.5. The molecule has 3 nitrogen and oxygen atoms in total. The number of thiophene rings is 1. The second kappa shape index (κ2) is 5.73. The summed E-state index contributed by atoms with van der Waals surface area (Å²) in [4.78, 5) is 14.6. The van der Waals surface area contributed by atoms with Crippen LogP contribution >= 0.6 is 11.3 Å². The van der Waals surface area contributed by atoms with Gasteiger partial charge in [0, 0.05) is 4.88 Å². The highest BCUT2D eigenvalue weighted by Gasteiger charge is 2.37. The van der Waals surface area contributed by atoms with Gasteiger partial charge in [0.2, 0.25) is 0 Å². The van der Waals surface area contributed by atoms with Gasteiger partial charge >= 0.3 is 0 Å². The van der Waals surface area contributed by atoms with Crippen LogP contribution in [0.3, 0.4) is 0 Å². The Hall–Kier alpha value is -0.870. The Labute approximate surface area is 131 Å². The van der Waals surface area contributed by atoms with Crippen molar-refractivity contribution in [3.8, 4) is 0 Å². The minimum atomic E-state index is -0.965. The largest absolute Gasteiger partial charge is 0.388 e. The summed E-state index contributed by atoms with van der Waals surface area (Å²) in [5.74, 6) is 0.686. The Kier molecular flexibility index (Phi) is 4.50. The summed E-state index contributed by atoms with van der Waals surface area (Å²) in [6.07, 6.45) is 4.65. The maximum Gasteiger partial charge on any atom is 0.261 e. The third kappa shape index (κ3) is 3.49. The first-order valence-electron chi connectivity index (χ1n) is 7.80. The van der Waals surface area contributed by atoms with Crippen molar-refractivity contribution >= 4 is 17.2 Å². The SMILES string of the molecule is CCC1CCc2sc(C(=O)NC(C)(C)C(C)(C)O)cc2C1. The number of carbonyl (C=O) groups is 1. The van der Waals surface area contributed by atoms with E-state index in [1.165, 1.54) is 23.3 Å². The van der Waals surface area contributed by atoms with E-state index in [-0.39, 0.29) is 5.91 Å². The molecule has 0 saturated heterocycles. The van der Waals surface area contributed by atoms with Crippen LogP contribution in [0.15, 0.2) is 6.07 Å². The minimum Gasteiger partial charge on any atom is -0.388 e. The van der Waals surface area contributed by atoms with E-state index in [1.54, 1.807) is 25.2 Å². The monoisotopic (exact) mass is 309 g/mol. The summed E-state index contributed by atoms with van der Waals surface area (Å²) in [7, 11) is 0. The lowest BCUT2D eigenvalue weighted by molar-refractivity contribution is -0.00284. The topological polar surface area (TPSA) is 49.3 Å². The number of nitrogens with one attached hydrogen (secondary N) is 1. The molecule has 1 aromatic rings. The molecule has 1 atom stereocenters. The third-order valence-corrected chi connectivity index (χ3v) is 6.18. The minimum absolute atomic E-state index is 0.0745. The number of hydrogen-bond acceptors (Lipinski definition) is 3. The fourth-order valence-corrected chi connectivity index (χ4v) is 3.66. The van der Waals surface area contributed by atoms with E-state index >= 15 is 0 Å². The molecule has 2 N–H and O–H groups in total. The summed E-state index contributed by atoms with van der Waals surface area (Å²) in [6, 6.07) is 2.05. The van der Waals surface area contributed by atoms with Crippen LogP contribution in [-0.4, -0.2) is 22.2 Å². The van der Waals surface area contributed by atoms with Crippen molar-refractivity contribution in [3.05, 3.63) is 21.4 Å². The lowest BCUT2D eigenvalue weighted by Crippen LogP contribution is -2.57. The Morgan fingerprint density at radius 1 is 1.43 bits per heavy atom. The second-order valence-corrected chi connectivity index (χ2v) is 8.35. The number of amides is 1. The molecule has 1 aliphatic carbocycles. The summed E-state index contributed by atoms with van der Waals surface area (Å²) in [5, 5.41) is 13.1. The first-order valence-corrected chi connectivity index (χ1v) is 8.62. The van der Waals surface area contributed by atoms with E-state index in [0.717, 1.165) is 23.6 Å². The van der Waals surface area contributed by atoms with E-state index in [2.05, 4.69) is 18.3 Å². The van der Waals surface area contributed by atoms with E-state index in [9.17, 15) is 9.90 Å². The molecule has 1 heterocycles. The van der Waals surface area contributed by atoms with E-state index < -0.39 is 11.1 Å². The lowest BCUT2D eigenvalue weighted by Gasteiger charge is -2.37. The summed E-state index contributed by atoms with van der Waals surface area (Å²) < 4.78 is 0. The van der Waals surface area contributed by atoms with Gasteiger partial charge in [-0.05, 0) is 64.5 Å². The summed E-state index contributed by atoms with van der Waals surface area (Å²) in [6.45, 7) is 9.38. The van der Waals surface area contributed by atoms with Crippen molar-refractivity contribution in [2.45, 2.75) is 71.4 Å². The van der Waals surface area contributed by atoms with Gasteiger partial charge in [-0.2, -0.15) is 0 Å². The summed E-state index contributed by atoms with van der Waals surface area (Å²) >= 11 is 1.61. The Balaban J connectivity index is 2.13. The van der Waals surface area contributed by atoms with E-state index in [1.807, 2.05) is 13.8 Å². The molecule has 1 aromatic heterocycles. The third-order valence-electron chi connectivity index (χ3n) is 4.94. The van der Waals surface area contributed by atoms with E-state index in [0.29, 0.717) is 0 Å². The quantitative estimate of drug-likeness (QED) is 0.893. The molecule has 21 heavy (non-hydrogen) atoms. The molecule has 4 heteroatoms. The first-order chi connectivity index (χ1) is 9.64. The number of fused-ring (bicyclic) bond motifs is 1. The Morgan fingerprint density at radius 2 is 2.10 bits per heavy atom. The molecule has 0 radical (unpaired) electrons. The van der Waals surface area contributed by atoms with E-state index in [4.69, 9.17) is 0 Å². The van der Waals surface area contributed by atoms with Crippen LogP contribution in [0.4, 0.5) is 0 Å². The zero-order valence-electron chi connectivity index (χ0n) is 13.7. The standard InChI is InChI=1S/C17H27NO2S/c1-6-11-7-8-13-12(9-11)10-14(21-13)15(19)18-16(2,3)17(4,5)20/h10-11,20H,6-9H2,1-5H3,(H,18,19). The molecule has 0 spiro atoms. The van der Waals surface area contributed by atoms with Gasteiger partial charge in [0.25, 0.3) is 5.91 Å². The molecule has 0 aliphatic heterocycles. The number of rotatable bonds is 4. The maximum absolute atomic E-state index is 12.5. The zero-order chi connectivity index (χ0) is 15.8. The van der Waals surface area contributed by atoms with Gasteiger partial charge in [0.1, 0.15) is 0 Å². The normalized spacial score (nSPS) is 19.2. The van der Waals surface area contributed by atoms with Crippen LogP contribution in [0.1, 0.15) is 67.6 Å². The zero-order valence-corrected chi connectivity index (χ0v) is 14.6. The summed E-state index contributed by atoms with van der Waals surface area (Å²) in [5.41, 5.74) is -0.280.